The summed E-state index contributed by atoms with van der Waals surface area (Å²) in [5.41, 5.74) is 1.91. The highest BCUT2D eigenvalue weighted by Crippen LogP contribution is 2.29. The van der Waals surface area contributed by atoms with E-state index in [-0.39, 0.29) is 18.2 Å². The maximum absolute atomic E-state index is 13.4. The zero-order chi connectivity index (χ0) is 25.8. The van der Waals surface area contributed by atoms with Gasteiger partial charge in [-0.15, -0.1) is 0 Å². The van der Waals surface area contributed by atoms with E-state index in [1.165, 1.54) is 0 Å². The van der Waals surface area contributed by atoms with E-state index in [0.29, 0.717) is 50.1 Å². The fraction of sp³-hybridized carbons (Fsp3) is 0.500. The average molecular weight is 485 g/mol. The number of nitrogens with zero attached hydrogens (tertiary/aromatic N) is 1. The molecule has 2 aromatic rings. The van der Waals surface area contributed by atoms with Crippen LogP contribution in [0.25, 0.3) is 0 Å². The van der Waals surface area contributed by atoms with Crippen molar-refractivity contribution in [2.45, 2.75) is 60.0 Å². The summed E-state index contributed by atoms with van der Waals surface area (Å²) in [4.78, 5) is 27.8. The SMILES string of the molecule is CCOc1ccc(CCC(=O)N(Cc2ccc(OC)cc2)[C@H](C)C(=O)NCC(C)C)cc1OCC. The summed E-state index contributed by atoms with van der Waals surface area (Å²) < 4.78 is 16.6. The molecule has 2 aromatic carbocycles. The Bertz CT molecular complexity index is 943. The van der Waals surface area contributed by atoms with Gasteiger partial charge in [0.2, 0.25) is 11.8 Å². The van der Waals surface area contributed by atoms with E-state index in [2.05, 4.69) is 5.32 Å². The number of rotatable bonds is 14. The fourth-order valence-electron chi connectivity index (χ4n) is 3.61. The third-order valence-corrected chi connectivity index (χ3v) is 5.60. The van der Waals surface area contributed by atoms with Gasteiger partial charge in [-0.25, -0.2) is 0 Å². The van der Waals surface area contributed by atoms with Crippen LogP contribution in [-0.4, -0.2) is 49.6 Å². The molecule has 2 rings (SSSR count). The number of aryl methyl sites for hydroxylation is 1. The van der Waals surface area contributed by atoms with Crippen LogP contribution in [0.4, 0.5) is 0 Å². The van der Waals surface area contributed by atoms with Gasteiger partial charge >= 0.3 is 0 Å². The molecule has 0 aromatic heterocycles. The van der Waals surface area contributed by atoms with Gasteiger partial charge in [0.25, 0.3) is 0 Å². The van der Waals surface area contributed by atoms with E-state index in [4.69, 9.17) is 14.2 Å². The van der Waals surface area contributed by atoms with Gasteiger partial charge in [-0.3, -0.25) is 9.59 Å². The number of hydrogen-bond donors (Lipinski definition) is 1. The lowest BCUT2D eigenvalue weighted by Crippen LogP contribution is -2.48. The quantitative estimate of drug-likeness (QED) is 0.424. The van der Waals surface area contributed by atoms with Gasteiger partial charge in [-0.2, -0.15) is 0 Å². The van der Waals surface area contributed by atoms with Crippen molar-refractivity contribution in [1.82, 2.24) is 10.2 Å². The van der Waals surface area contributed by atoms with Crippen molar-refractivity contribution in [3.8, 4) is 17.2 Å². The number of hydrogen-bond acceptors (Lipinski definition) is 5. The van der Waals surface area contributed by atoms with Gasteiger partial charge in [-0.05, 0) is 68.5 Å². The Morgan fingerprint density at radius 2 is 1.54 bits per heavy atom. The van der Waals surface area contributed by atoms with Crippen LogP contribution in [-0.2, 0) is 22.6 Å². The molecule has 0 heterocycles. The van der Waals surface area contributed by atoms with Crippen molar-refractivity contribution in [3.63, 3.8) is 0 Å². The molecule has 192 valence electrons. The van der Waals surface area contributed by atoms with Crippen LogP contribution in [0, 0.1) is 5.92 Å². The third kappa shape index (κ3) is 8.81. The number of ether oxygens (including phenoxy) is 3. The lowest BCUT2D eigenvalue weighted by atomic mass is 10.1. The molecule has 1 N–H and O–H groups in total. The van der Waals surface area contributed by atoms with Gasteiger partial charge in [0.1, 0.15) is 11.8 Å². The summed E-state index contributed by atoms with van der Waals surface area (Å²) in [6.45, 7) is 11.7. The summed E-state index contributed by atoms with van der Waals surface area (Å²) in [5, 5.41) is 2.95. The first-order valence-electron chi connectivity index (χ1n) is 12.4. The molecular weight excluding hydrogens is 444 g/mol. The average Bonchev–Trinajstić information content (AvgIpc) is 2.85. The Morgan fingerprint density at radius 1 is 0.914 bits per heavy atom. The van der Waals surface area contributed by atoms with Crippen molar-refractivity contribution in [3.05, 3.63) is 53.6 Å². The second-order valence-corrected chi connectivity index (χ2v) is 8.83. The number of carbonyl (C=O) groups excluding carboxylic acids is 2. The van der Waals surface area contributed by atoms with Crippen LogP contribution in [0.5, 0.6) is 17.2 Å². The molecule has 0 spiro atoms. The minimum Gasteiger partial charge on any atom is -0.497 e. The highest BCUT2D eigenvalue weighted by Gasteiger charge is 2.26. The van der Waals surface area contributed by atoms with Gasteiger partial charge in [0.05, 0.1) is 20.3 Å². The lowest BCUT2D eigenvalue weighted by Gasteiger charge is -2.29. The van der Waals surface area contributed by atoms with Gasteiger partial charge in [-0.1, -0.05) is 32.0 Å². The second kappa shape index (κ2) is 14.2. The van der Waals surface area contributed by atoms with Crippen LogP contribution in [0.15, 0.2) is 42.5 Å². The van der Waals surface area contributed by atoms with E-state index >= 15 is 0 Å². The largest absolute Gasteiger partial charge is 0.497 e. The Hall–Kier alpha value is -3.22. The smallest absolute Gasteiger partial charge is 0.242 e. The number of carbonyl (C=O) groups is 2. The third-order valence-electron chi connectivity index (χ3n) is 5.60. The number of amides is 2. The molecule has 0 fully saturated rings. The summed E-state index contributed by atoms with van der Waals surface area (Å²) in [5.74, 6) is 2.21. The van der Waals surface area contributed by atoms with E-state index in [1.807, 2.05) is 70.2 Å². The molecule has 0 unspecified atom stereocenters. The monoisotopic (exact) mass is 484 g/mol. The molecule has 7 nitrogen and oxygen atoms in total. The van der Waals surface area contributed by atoms with Crippen molar-refractivity contribution < 1.29 is 23.8 Å². The van der Waals surface area contributed by atoms with Gasteiger partial charge < -0.3 is 24.4 Å². The zero-order valence-electron chi connectivity index (χ0n) is 21.9. The molecule has 0 aliphatic rings. The van der Waals surface area contributed by atoms with Crippen LogP contribution >= 0.6 is 0 Å². The highest BCUT2D eigenvalue weighted by molar-refractivity contribution is 5.87. The first-order valence-corrected chi connectivity index (χ1v) is 12.4. The maximum atomic E-state index is 13.4. The molecule has 0 saturated carbocycles. The number of nitrogens with one attached hydrogen (secondary N) is 1. The van der Waals surface area contributed by atoms with Crippen LogP contribution < -0.4 is 19.5 Å². The van der Waals surface area contributed by atoms with Crippen molar-refractivity contribution in [2.24, 2.45) is 5.92 Å². The topological polar surface area (TPSA) is 77.1 Å². The van der Waals surface area contributed by atoms with Crippen molar-refractivity contribution >= 4 is 11.8 Å². The molecule has 0 bridgehead atoms. The minimum atomic E-state index is -0.595. The predicted octanol–water partition coefficient (Wildman–Crippen LogP) is 4.61. The molecule has 0 radical (unpaired) electrons. The Kier molecular flexibility index (Phi) is 11.4. The van der Waals surface area contributed by atoms with Crippen LogP contribution in [0.1, 0.15) is 52.2 Å². The molecule has 35 heavy (non-hydrogen) atoms. The number of benzene rings is 2. The Morgan fingerprint density at radius 3 is 2.14 bits per heavy atom. The predicted molar refractivity (Wildman–Crippen MR) is 138 cm³/mol. The molecular formula is C28H40N2O5. The van der Waals surface area contributed by atoms with Crippen LogP contribution in [0.3, 0.4) is 0 Å². The van der Waals surface area contributed by atoms with E-state index in [9.17, 15) is 9.59 Å². The van der Waals surface area contributed by atoms with E-state index < -0.39 is 6.04 Å². The van der Waals surface area contributed by atoms with E-state index in [1.54, 1.807) is 18.9 Å². The first kappa shape index (κ1) is 28.0. The summed E-state index contributed by atoms with van der Waals surface area (Å²) >= 11 is 0. The molecule has 0 aliphatic heterocycles. The normalized spacial score (nSPS) is 11.6. The summed E-state index contributed by atoms with van der Waals surface area (Å²) in [6, 6.07) is 12.7. The Balaban J connectivity index is 2.17. The highest BCUT2D eigenvalue weighted by atomic mass is 16.5. The summed E-state index contributed by atoms with van der Waals surface area (Å²) in [7, 11) is 1.61. The molecule has 1 atom stereocenters. The van der Waals surface area contributed by atoms with Crippen LogP contribution in [0.2, 0.25) is 0 Å². The van der Waals surface area contributed by atoms with Crippen molar-refractivity contribution in [2.75, 3.05) is 26.9 Å². The minimum absolute atomic E-state index is 0.0835. The fourth-order valence-corrected chi connectivity index (χ4v) is 3.61. The Labute approximate surface area is 209 Å². The molecule has 0 saturated heterocycles. The summed E-state index contributed by atoms with van der Waals surface area (Å²) in [6.07, 6.45) is 0.808. The van der Waals surface area contributed by atoms with Gasteiger partial charge in [0, 0.05) is 19.5 Å². The molecule has 2 amide bonds. The first-order chi connectivity index (χ1) is 16.8. The van der Waals surface area contributed by atoms with Gasteiger partial charge in [0.15, 0.2) is 11.5 Å². The molecule has 0 aliphatic carbocycles. The second-order valence-electron chi connectivity index (χ2n) is 8.83. The zero-order valence-corrected chi connectivity index (χ0v) is 21.9. The number of methoxy groups -OCH3 is 1. The van der Waals surface area contributed by atoms with Crippen molar-refractivity contribution in [1.29, 1.82) is 0 Å². The van der Waals surface area contributed by atoms with E-state index in [0.717, 1.165) is 16.9 Å². The molecule has 7 heteroatoms. The maximum Gasteiger partial charge on any atom is 0.242 e. The standard InChI is InChI=1S/C28H40N2O5/c1-7-34-25-15-11-22(17-26(25)35-8-2)12-16-27(31)30(21(5)28(32)29-18-20(3)4)19-23-9-13-24(33-6)14-10-23/h9-11,13-15,17,20-21H,7-8,12,16,18-19H2,1-6H3,(H,29,32)/t21-/m1/s1. The lowest BCUT2D eigenvalue weighted by molar-refractivity contribution is -0.140.